The van der Waals surface area contributed by atoms with E-state index in [1.807, 2.05) is 5.48 Å². The molecule has 0 unspecified atom stereocenters. The minimum atomic E-state index is -2.43. The van der Waals surface area contributed by atoms with Crippen molar-refractivity contribution < 1.29 is 64.1 Å². The predicted octanol–water partition coefficient (Wildman–Crippen LogP) is -3.63. The minimum Gasteiger partial charge on any atom is -0.395 e. The van der Waals surface area contributed by atoms with Crippen molar-refractivity contribution in [2.75, 3.05) is 7.05 Å². The Hall–Kier alpha value is 1.51. The molecule has 4 nitrogen and oxygen atoms in total. The Bertz CT molecular complexity index is 82.9. The van der Waals surface area contributed by atoms with Gasteiger partial charge in [0.2, 0.25) is 0 Å². The molecule has 0 spiro atoms. The van der Waals surface area contributed by atoms with E-state index < -0.39 is 11.0 Å². The van der Waals surface area contributed by atoms with Gasteiger partial charge in [-0.15, -0.1) is 0 Å². The summed E-state index contributed by atoms with van der Waals surface area (Å²) >= 11 is 0. The van der Waals surface area contributed by atoms with Gasteiger partial charge in [0.1, 0.15) is 0 Å². The monoisotopic (exact) mass is 149 g/mol. The van der Waals surface area contributed by atoms with E-state index in [1.54, 1.807) is 0 Å². The summed E-state index contributed by atoms with van der Waals surface area (Å²) in [5, 5.41) is 0. The molecule has 0 bridgehead atoms. The van der Waals surface area contributed by atoms with Crippen LogP contribution < -0.4 is 56.9 Å². The van der Waals surface area contributed by atoms with Crippen molar-refractivity contribution in [2.24, 2.45) is 0 Å². The maximum Gasteiger partial charge on any atom is 1.00 e. The standard InChI is InChI=1S/CH4NO3S.K/c1-2-5-6(3)4;/h2H,1H3;/q-1;+1. The molecule has 0 fully saturated rings. The minimum absolute atomic E-state index is 0. The molecule has 0 radical (unpaired) electrons. The van der Waals surface area contributed by atoms with Gasteiger partial charge in [-0.2, -0.15) is 0 Å². The Balaban J connectivity index is 0. The van der Waals surface area contributed by atoms with Crippen molar-refractivity contribution in [3.63, 3.8) is 0 Å². The second-order valence-electron chi connectivity index (χ2n) is 0.492. The molecule has 7 heavy (non-hydrogen) atoms. The summed E-state index contributed by atoms with van der Waals surface area (Å²) in [5.41, 5.74) is 1.95. The quantitative estimate of drug-likeness (QED) is 0.250. The third-order valence-electron chi connectivity index (χ3n) is 0.151. The van der Waals surface area contributed by atoms with Crippen LogP contribution in [0.1, 0.15) is 0 Å². The Morgan fingerprint density at radius 1 is 1.57 bits per heavy atom. The van der Waals surface area contributed by atoms with Crippen LogP contribution in [0, 0.1) is 0 Å². The second kappa shape index (κ2) is 7.51. The van der Waals surface area contributed by atoms with E-state index in [0.29, 0.717) is 0 Å². The van der Waals surface area contributed by atoms with Crippen molar-refractivity contribution in [3.05, 3.63) is 0 Å². The predicted molar refractivity (Wildman–Crippen MR) is 18.9 cm³/mol. The first kappa shape index (κ1) is 11.3. The van der Waals surface area contributed by atoms with Crippen LogP contribution in [0.25, 0.3) is 0 Å². The van der Waals surface area contributed by atoms with Gasteiger partial charge < -0.3 is 12.7 Å². The Labute approximate surface area is 86.1 Å². The first-order valence-electron chi connectivity index (χ1n) is 1.20. The average molecular weight is 149 g/mol. The third kappa shape index (κ3) is 11.2. The summed E-state index contributed by atoms with van der Waals surface area (Å²) in [6.45, 7) is 0. The van der Waals surface area contributed by atoms with E-state index in [9.17, 15) is 8.42 Å². The first-order valence-corrected chi connectivity index (χ1v) is 2.20. The molecule has 0 saturated carbocycles. The zero-order valence-corrected chi connectivity index (χ0v) is 8.07. The van der Waals surface area contributed by atoms with E-state index in [1.165, 1.54) is 7.05 Å². The van der Waals surface area contributed by atoms with E-state index >= 15 is 0 Å². The fourth-order valence-electron chi connectivity index (χ4n) is 0.0680. The molecule has 0 heterocycles. The van der Waals surface area contributed by atoms with Gasteiger partial charge in [-0.3, -0.25) is 0 Å². The smallest absolute Gasteiger partial charge is 0.395 e. The van der Waals surface area contributed by atoms with Crippen LogP contribution in [-0.2, 0) is 23.7 Å². The fourth-order valence-corrected chi connectivity index (χ4v) is 0.204. The first-order chi connectivity index (χ1) is 2.77. The Morgan fingerprint density at radius 3 is 2.00 bits per heavy atom. The van der Waals surface area contributed by atoms with Gasteiger partial charge in [-0.05, 0) is 0 Å². The molecule has 38 valence electrons. The number of rotatable bonds is 2. The molecule has 0 atom stereocenters. The van der Waals surface area contributed by atoms with Crippen LogP contribution in [0.15, 0.2) is 0 Å². The SMILES string of the molecule is CNO[S-](=O)=O.[K+]. The van der Waals surface area contributed by atoms with Gasteiger partial charge in [0.15, 0.2) is 0 Å². The number of nitrogens with one attached hydrogen (secondary N) is 1. The number of hydrogen-bond acceptors (Lipinski definition) is 5. The number of hydrogen-bond donors (Lipinski definition) is 1. The van der Waals surface area contributed by atoms with Gasteiger partial charge in [0, 0.05) is 7.05 Å². The zero-order valence-electron chi connectivity index (χ0n) is 4.13. The van der Waals surface area contributed by atoms with Crippen LogP contribution in [-0.4, -0.2) is 7.05 Å². The normalized spacial score (nSPS) is 8.29. The van der Waals surface area contributed by atoms with Crippen molar-refractivity contribution >= 4 is 11.0 Å². The van der Waals surface area contributed by atoms with Crippen LogP contribution in [0.3, 0.4) is 0 Å². The molecule has 6 heteroatoms. The van der Waals surface area contributed by atoms with Gasteiger partial charge in [0.05, 0.1) is 11.0 Å². The molecule has 0 rings (SSSR count). The maximum absolute atomic E-state index is 9.31. The van der Waals surface area contributed by atoms with Crippen LogP contribution in [0.5, 0.6) is 0 Å². The summed E-state index contributed by atoms with van der Waals surface area (Å²) < 4.78 is 22.3. The van der Waals surface area contributed by atoms with Crippen molar-refractivity contribution in [2.45, 2.75) is 0 Å². The zero-order chi connectivity index (χ0) is 4.99. The molecular weight excluding hydrogens is 145 g/mol. The Morgan fingerprint density at radius 2 is 2.00 bits per heavy atom. The number of hydroxylamine groups is 1. The molecule has 0 aromatic rings. The molecule has 1 N–H and O–H groups in total. The molecule has 0 aliphatic rings. The maximum atomic E-state index is 9.31. The largest absolute Gasteiger partial charge is 1.00 e. The fraction of sp³-hybridized carbons (Fsp3) is 1.00. The van der Waals surface area contributed by atoms with Gasteiger partial charge in [-0.1, -0.05) is 0 Å². The average Bonchev–Trinajstić information content (AvgIpc) is 1.35. The summed E-state index contributed by atoms with van der Waals surface area (Å²) in [5.74, 6) is 0. The van der Waals surface area contributed by atoms with Gasteiger partial charge in [0.25, 0.3) is 0 Å². The summed E-state index contributed by atoms with van der Waals surface area (Å²) in [6.07, 6.45) is 0. The van der Waals surface area contributed by atoms with Crippen molar-refractivity contribution in [1.29, 1.82) is 0 Å². The van der Waals surface area contributed by atoms with Gasteiger partial charge in [-0.25, -0.2) is 5.48 Å². The van der Waals surface area contributed by atoms with Crippen molar-refractivity contribution in [3.8, 4) is 0 Å². The summed E-state index contributed by atoms with van der Waals surface area (Å²) in [7, 11) is -1.07. The van der Waals surface area contributed by atoms with E-state index in [2.05, 4.69) is 4.28 Å². The van der Waals surface area contributed by atoms with E-state index in [4.69, 9.17) is 0 Å². The van der Waals surface area contributed by atoms with E-state index in [-0.39, 0.29) is 51.4 Å². The molecule has 0 saturated heterocycles. The molecule has 0 aromatic carbocycles. The second-order valence-corrected chi connectivity index (χ2v) is 1.07. The molecule has 0 aliphatic carbocycles. The summed E-state index contributed by atoms with van der Waals surface area (Å²) in [6, 6.07) is 0. The van der Waals surface area contributed by atoms with Gasteiger partial charge >= 0.3 is 51.4 Å². The van der Waals surface area contributed by atoms with Crippen LogP contribution in [0.2, 0.25) is 0 Å². The molecule has 0 aliphatic heterocycles. The topological polar surface area (TPSA) is 55.4 Å². The third-order valence-corrected chi connectivity index (χ3v) is 0.454. The van der Waals surface area contributed by atoms with E-state index in [0.717, 1.165) is 0 Å². The molecule has 0 aromatic heterocycles. The molecular formula is CH4KNO3S. The van der Waals surface area contributed by atoms with Crippen molar-refractivity contribution in [1.82, 2.24) is 5.48 Å². The van der Waals surface area contributed by atoms with Crippen LogP contribution >= 0.6 is 0 Å². The van der Waals surface area contributed by atoms with Crippen LogP contribution in [0.4, 0.5) is 0 Å². The molecule has 0 amide bonds. The Kier molecular flexibility index (Phi) is 12.1. The summed E-state index contributed by atoms with van der Waals surface area (Å²) in [4.78, 5) is 0.